The molecule has 282 valence electrons. The number of carbonyl (C=O) groups is 2. The summed E-state index contributed by atoms with van der Waals surface area (Å²) >= 11 is 0. The van der Waals surface area contributed by atoms with E-state index in [1.807, 2.05) is 78.8 Å². The van der Waals surface area contributed by atoms with Gasteiger partial charge in [-0.1, -0.05) is 48.5 Å². The number of hydrogen-bond donors (Lipinski definition) is 0. The van der Waals surface area contributed by atoms with Gasteiger partial charge in [-0.3, -0.25) is 29.4 Å². The molecule has 0 fully saturated rings. The van der Waals surface area contributed by atoms with Gasteiger partial charge in [0.05, 0.1) is 48.8 Å². The lowest BCUT2D eigenvalue weighted by atomic mass is 10.1. The standard InChI is InChI=1S/C45H41N5O6/c1-48(2)24-27-13-28(25-55-42-20-36-34(18-40(42)53-3)44(51)49-32(22-46-36)16-30-9-5-7-11-38(30)49)15-29(14-27)26-56-43-21-37-35(19-41(43)54-4)45(52)50-33(23-47-37)17-31-10-6-8-12-39(31)50/h5-15,18-23,32-33H,16-17,24-26H2,1-4H3/t32-,33-/m0/s1. The minimum Gasteiger partial charge on any atom is -0.493 e. The van der Waals surface area contributed by atoms with Crippen LogP contribution in [0.5, 0.6) is 23.0 Å². The van der Waals surface area contributed by atoms with Crippen LogP contribution in [0, 0.1) is 0 Å². The Bertz CT molecular complexity index is 2300. The Morgan fingerprint density at radius 2 is 1.05 bits per heavy atom. The number of rotatable bonds is 10. The van der Waals surface area contributed by atoms with Gasteiger partial charge in [0.2, 0.25) is 0 Å². The van der Waals surface area contributed by atoms with Crippen LogP contribution >= 0.6 is 0 Å². The number of anilines is 2. The maximum absolute atomic E-state index is 13.9. The molecule has 0 saturated heterocycles. The van der Waals surface area contributed by atoms with Crippen molar-refractivity contribution in [2.24, 2.45) is 9.98 Å². The van der Waals surface area contributed by atoms with Crippen molar-refractivity contribution in [1.29, 1.82) is 0 Å². The zero-order valence-electron chi connectivity index (χ0n) is 31.7. The quantitative estimate of drug-likeness (QED) is 0.146. The highest BCUT2D eigenvalue weighted by Gasteiger charge is 2.38. The third-order valence-corrected chi connectivity index (χ3v) is 10.7. The number of amides is 2. The van der Waals surface area contributed by atoms with E-state index < -0.39 is 0 Å². The van der Waals surface area contributed by atoms with E-state index in [-0.39, 0.29) is 37.1 Å². The Morgan fingerprint density at radius 1 is 0.607 bits per heavy atom. The molecule has 2 amide bonds. The maximum Gasteiger partial charge on any atom is 0.261 e. The number of methoxy groups -OCH3 is 2. The van der Waals surface area contributed by atoms with Crippen molar-refractivity contribution in [3.63, 3.8) is 0 Å². The molecule has 5 aromatic rings. The van der Waals surface area contributed by atoms with Crippen LogP contribution < -0.4 is 28.7 Å². The van der Waals surface area contributed by atoms with Crippen molar-refractivity contribution in [1.82, 2.24) is 4.90 Å². The van der Waals surface area contributed by atoms with Crippen LogP contribution in [0.1, 0.15) is 48.5 Å². The molecule has 0 N–H and O–H groups in total. The highest BCUT2D eigenvalue weighted by molar-refractivity contribution is 6.15. The van der Waals surface area contributed by atoms with Crippen molar-refractivity contribution >= 4 is 47.0 Å². The second-order valence-corrected chi connectivity index (χ2v) is 14.7. The minimum absolute atomic E-state index is 0.117. The molecular weight excluding hydrogens is 707 g/mol. The first-order valence-electron chi connectivity index (χ1n) is 18.7. The molecule has 0 spiro atoms. The van der Waals surface area contributed by atoms with Gasteiger partial charge in [-0.2, -0.15) is 0 Å². The second-order valence-electron chi connectivity index (χ2n) is 14.7. The lowest BCUT2D eigenvalue weighted by molar-refractivity contribution is 0.0978. The molecule has 4 aliphatic heterocycles. The van der Waals surface area contributed by atoms with Crippen molar-refractivity contribution in [3.8, 4) is 23.0 Å². The molecule has 0 unspecified atom stereocenters. The zero-order chi connectivity index (χ0) is 38.5. The monoisotopic (exact) mass is 747 g/mol. The van der Waals surface area contributed by atoms with Crippen molar-refractivity contribution < 1.29 is 28.5 Å². The fourth-order valence-corrected chi connectivity index (χ4v) is 8.16. The molecule has 9 rings (SSSR count). The average molecular weight is 748 g/mol. The summed E-state index contributed by atoms with van der Waals surface area (Å²) in [6.07, 6.45) is 5.14. The van der Waals surface area contributed by atoms with Gasteiger partial charge >= 0.3 is 0 Å². The van der Waals surface area contributed by atoms with Gasteiger partial charge in [-0.25, -0.2) is 0 Å². The van der Waals surface area contributed by atoms with Crippen LogP contribution in [-0.2, 0) is 32.6 Å². The molecule has 5 aromatic carbocycles. The zero-order valence-corrected chi connectivity index (χ0v) is 31.7. The van der Waals surface area contributed by atoms with Gasteiger partial charge in [0.25, 0.3) is 11.8 Å². The molecule has 0 saturated carbocycles. The molecule has 11 nitrogen and oxygen atoms in total. The van der Waals surface area contributed by atoms with E-state index in [4.69, 9.17) is 28.9 Å². The summed E-state index contributed by atoms with van der Waals surface area (Å²) in [7, 11) is 7.19. The molecule has 56 heavy (non-hydrogen) atoms. The number of benzene rings is 5. The van der Waals surface area contributed by atoms with Crippen LogP contribution in [0.25, 0.3) is 0 Å². The van der Waals surface area contributed by atoms with E-state index >= 15 is 0 Å². The molecule has 0 bridgehead atoms. The Kier molecular flexibility index (Phi) is 9.01. The van der Waals surface area contributed by atoms with E-state index in [9.17, 15) is 9.59 Å². The summed E-state index contributed by atoms with van der Waals surface area (Å²) < 4.78 is 24.3. The second kappa shape index (κ2) is 14.3. The third kappa shape index (κ3) is 6.33. The SMILES string of the molecule is COc1cc2c(cc1OCc1cc(COc3cc4c(cc3OC)C(=O)N3c5ccccc5C[C@H]3C=N4)cc(CN(C)C)c1)N=C[C@@H]1Cc3ccccc3N1C2=O. The van der Waals surface area contributed by atoms with Gasteiger partial charge < -0.3 is 23.8 Å². The van der Waals surface area contributed by atoms with Gasteiger partial charge in [0, 0.05) is 55.3 Å². The van der Waals surface area contributed by atoms with Gasteiger partial charge in [-0.05, 0) is 72.2 Å². The van der Waals surface area contributed by atoms with Crippen molar-refractivity contribution in [2.45, 2.75) is 44.7 Å². The van der Waals surface area contributed by atoms with Gasteiger partial charge in [0.15, 0.2) is 23.0 Å². The smallest absolute Gasteiger partial charge is 0.261 e. The number of aliphatic imine (C=N–C) groups is 2. The fourth-order valence-electron chi connectivity index (χ4n) is 8.16. The van der Waals surface area contributed by atoms with Gasteiger partial charge in [-0.15, -0.1) is 0 Å². The number of fused-ring (bicyclic) bond motifs is 8. The lowest BCUT2D eigenvalue weighted by Gasteiger charge is -2.22. The molecule has 0 aromatic heterocycles. The first-order chi connectivity index (χ1) is 27.3. The minimum atomic E-state index is -0.153. The predicted molar refractivity (Wildman–Crippen MR) is 216 cm³/mol. The van der Waals surface area contributed by atoms with E-state index in [2.05, 4.69) is 29.2 Å². The highest BCUT2D eigenvalue weighted by Crippen LogP contribution is 2.43. The summed E-state index contributed by atoms with van der Waals surface area (Å²) in [6, 6.07) is 28.9. The molecule has 2 atom stereocenters. The average Bonchev–Trinajstić information content (AvgIpc) is 3.69. The van der Waals surface area contributed by atoms with Crippen LogP contribution in [0.4, 0.5) is 22.7 Å². The Balaban J connectivity index is 0.955. The largest absolute Gasteiger partial charge is 0.493 e. The Hall–Kier alpha value is -6.46. The normalized spacial score (nSPS) is 17.4. The number of hydrogen-bond acceptors (Lipinski definition) is 9. The number of ether oxygens (including phenoxy) is 4. The topological polar surface area (TPSA) is 106 Å². The number of para-hydroxylation sites is 2. The first kappa shape index (κ1) is 35.3. The van der Waals surface area contributed by atoms with Gasteiger partial charge in [0.1, 0.15) is 13.2 Å². The maximum atomic E-state index is 13.9. The molecule has 4 aliphatic rings. The van der Waals surface area contributed by atoms with Crippen molar-refractivity contribution in [3.05, 3.63) is 130 Å². The molecule has 0 aliphatic carbocycles. The summed E-state index contributed by atoms with van der Waals surface area (Å²) in [5, 5.41) is 0. The van der Waals surface area contributed by atoms with Crippen LogP contribution in [0.15, 0.2) is 101 Å². The van der Waals surface area contributed by atoms with Crippen LogP contribution in [-0.4, -0.2) is 69.5 Å². The summed E-state index contributed by atoms with van der Waals surface area (Å²) in [6.45, 7) is 1.19. The molecule has 4 heterocycles. The molecular formula is C45H41N5O6. The first-order valence-corrected chi connectivity index (χ1v) is 18.7. The highest BCUT2D eigenvalue weighted by atomic mass is 16.5. The molecule has 0 radical (unpaired) electrons. The predicted octanol–water partition coefficient (Wildman–Crippen LogP) is 7.50. The Labute approximate surface area is 325 Å². The lowest BCUT2D eigenvalue weighted by Crippen LogP contribution is -2.37. The van der Waals surface area contributed by atoms with E-state index in [1.165, 1.54) is 0 Å². The summed E-state index contributed by atoms with van der Waals surface area (Å²) in [5.74, 6) is 1.65. The summed E-state index contributed by atoms with van der Waals surface area (Å²) in [5.41, 5.74) is 9.04. The van der Waals surface area contributed by atoms with Crippen molar-refractivity contribution in [2.75, 3.05) is 38.1 Å². The summed E-state index contributed by atoms with van der Waals surface area (Å²) in [4.78, 5) is 43.0. The fraction of sp³-hybridized carbons (Fsp3) is 0.244. The third-order valence-electron chi connectivity index (χ3n) is 10.7. The Morgan fingerprint density at radius 3 is 1.50 bits per heavy atom. The van der Waals surface area contributed by atoms with E-state index in [1.54, 1.807) is 38.5 Å². The van der Waals surface area contributed by atoms with E-state index in [0.717, 1.165) is 52.0 Å². The van der Waals surface area contributed by atoms with Crippen LogP contribution in [0.2, 0.25) is 0 Å². The number of nitrogens with zero attached hydrogens (tertiary/aromatic N) is 5. The van der Waals surface area contributed by atoms with E-state index in [0.29, 0.717) is 52.0 Å². The molecule has 11 heteroatoms. The number of carbonyl (C=O) groups excluding carboxylic acids is 2. The van der Waals surface area contributed by atoms with Crippen LogP contribution in [0.3, 0.4) is 0 Å².